The van der Waals surface area contributed by atoms with Gasteiger partial charge in [0.2, 0.25) is 0 Å². The molecule has 0 aromatic heterocycles. The molecule has 0 amide bonds. The number of rotatable bonds is 12. The van der Waals surface area contributed by atoms with E-state index in [2.05, 4.69) is 0 Å². The molecule has 0 fully saturated rings. The first-order valence-corrected chi connectivity index (χ1v) is 10.8. The largest absolute Gasteiger partial charge is 0.460 e. The van der Waals surface area contributed by atoms with Crippen molar-refractivity contribution in [3.63, 3.8) is 0 Å². The first-order chi connectivity index (χ1) is 10.6. The topological polar surface area (TPSA) is 52.6 Å². The van der Waals surface area contributed by atoms with Crippen molar-refractivity contribution in [2.24, 2.45) is 0 Å². The van der Waals surface area contributed by atoms with Crippen LogP contribution in [-0.4, -0.2) is 47.2 Å². The van der Waals surface area contributed by atoms with Gasteiger partial charge in [-0.2, -0.15) is 23.5 Å². The van der Waals surface area contributed by atoms with Gasteiger partial charge in [-0.25, -0.2) is 0 Å². The van der Waals surface area contributed by atoms with Gasteiger partial charge in [0.1, 0.15) is 11.2 Å². The molecule has 0 heterocycles. The van der Waals surface area contributed by atoms with Crippen LogP contribution in [0.25, 0.3) is 0 Å². The van der Waals surface area contributed by atoms with Crippen molar-refractivity contribution in [2.45, 2.75) is 71.0 Å². The minimum absolute atomic E-state index is 0.146. The van der Waals surface area contributed by atoms with E-state index in [9.17, 15) is 9.59 Å². The van der Waals surface area contributed by atoms with Gasteiger partial charge >= 0.3 is 11.9 Å². The normalized spacial score (nSPS) is 12.1. The number of hydrogen-bond acceptors (Lipinski definition) is 6. The SMILES string of the molecule is CSCCC(=O)OC(C)(C)CCCC(C)(C)OC(=O)CCSC. The third-order valence-corrected chi connectivity index (χ3v) is 4.58. The van der Waals surface area contributed by atoms with Gasteiger partial charge in [0, 0.05) is 11.5 Å². The molecule has 0 unspecified atom stereocenters. The van der Waals surface area contributed by atoms with Gasteiger partial charge in [-0.1, -0.05) is 0 Å². The predicted octanol–water partition coefficient (Wildman–Crippen LogP) is 4.31. The summed E-state index contributed by atoms with van der Waals surface area (Å²) in [6.45, 7) is 7.73. The second-order valence-corrected chi connectivity index (χ2v) is 8.78. The van der Waals surface area contributed by atoms with Crippen molar-refractivity contribution in [3.8, 4) is 0 Å². The van der Waals surface area contributed by atoms with Crippen LogP contribution >= 0.6 is 23.5 Å². The average Bonchev–Trinajstić information content (AvgIpc) is 2.41. The van der Waals surface area contributed by atoms with E-state index in [0.717, 1.165) is 30.8 Å². The van der Waals surface area contributed by atoms with Gasteiger partial charge in [0.15, 0.2) is 0 Å². The second kappa shape index (κ2) is 11.2. The third-order valence-electron chi connectivity index (χ3n) is 3.36. The number of ether oxygens (including phenoxy) is 2. The molecule has 136 valence electrons. The molecule has 0 aromatic carbocycles. The Bertz CT molecular complexity index is 334. The first-order valence-electron chi connectivity index (χ1n) is 8.03. The summed E-state index contributed by atoms with van der Waals surface area (Å²) in [5.41, 5.74) is -0.955. The number of carbonyl (C=O) groups excluding carboxylic acids is 2. The van der Waals surface area contributed by atoms with Crippen LogP contribution in [-0.2, 0) is 19.1 Å². The molecule has 0 bridgehead atoms. The Hall–Kier alpha value is -0.360. The summed E-state index contributed by atoms with van der Waals surface area (Å²) < 4.78 is 11.1. The van der Waals surface area contributed by atoms with Crippen LogP contribution in [0, 0.1) is 0 Å². The molecule has 0 spiro atoms. The summed E-state index contributed by atoms with van der Waals surface area (Å²) >= 11 is 3.28. The van der Waals surface area contributed by atoms with Gasteiger partial charge in [0.05, 0.1) is 12.8 Å². The quantitative estimate of drug-likeness (QED) is 0.481. The molecule has 6 heteroatoms. The molecule has 4 nitrogen and oxygen atoms in total. The van der Waals surface area contributed by atoms with Gasteiger partial charge in [-0.15, -0.1) is 0 Å². The Kier molecular flexibility index (Phi) is 11.1. The lowest BCUT2D eigenvalue weighted by Gasteiger charge is -2.29. The van der Waals surface area contributed by atoms with E-state index < -0.39 is 11.2 Å². The van der Waals surface area contributed by atoms with E-state index in [1.165, 1.54) is 0 Å². The van der Waals surface area contributed by atoms with Crippen molar-refractivity contribution in [1.29, 1.82) is 0 Å². The van der Waals surface area contributed by atoms with Gasteiger partial charge < -0.3 is 9.47 Å². The van der Waals surface area contributed by atoms with Gasteiger partial charge in [-0.3, -0.25) is 9.59 Å². The summed E-state index contributed by atoms with van der Waals surface area (Å²) in [5, 5.41) is 0. The van der Waals surface area contributed by atoms with E-state index in [4.69, 9.17) is 9.47 Å². The summed E-state index contributed by atoms with van der Waals surface area (Å²) in [6.07, 6.45) is 7.19. The highest BCUT2D eigenvalue weighted by atomic mass is 32.2. The predicted molar refractivity (Wildman–Crippen MR) is 100 cm³/mol. The van der Waals surface area contributed by atoms with Crippen LogP contribution in [0.4, 0.5) is 0 Å². The van der Waals surface area contributed by atoms with E-state index in [-0.39, 0.29) is 11.9 Å². The molecule has 0 N–H and O–H groups in total. The number of thioether (sulfide) groups is 2. The van der Waals surface area contributed by atoms with Crippen molar-refractivity contribution in [1.82, 2.24) is 0 Å². The Labute approximate surface area is 149 Å². The Morgan fingerprint density at radius 2 is 1.13 bits per heavy atom. The molecule has 0 aromatic rings. The number of hydrogen-bond donors (Lipinski definition) is 0. The fraction of sp³-hybridized carbons (Fsp3) is 0.882. The second-order valence-electron chi connectivity index (χ2n) is 6.81. The summed E-state index contributed by atoms with van der Waals surface area (Å²) in [4.78, 5) is 23.4. The van der Waals surface area contributed by atoms with Crippen molar-refractivity contribution < 1.29 is 19.1 Å². The monoisotopic (exact) mass is 364 g/mol. The van der Waals surface area contributed by atoms with E-state index in [1.807, 2.05) is 40.2 Å². The standard InChI is InChI=1S/C17H32O4S2/c1-16(2,20-14(18)8-12-22-5)10-7-11-17(3,4)21-15(19)9-13-23-6/h7-13H2,1-6H3. The molecule has 0 aliphatic rings. The van der Waals surface area contributed by atoms with Crippen LogP contribution in [0.3, 0.4) is 0 Å². The van der Waals surface area contributed by atoms with Crippen LogP contribution in [0.2, 0.25) is 0 Å². The number of esters is 2. The Morgan fingerprint density at radius 3 is 1.43 bits per heavy atom. The van der Waals surface area contributed by atoms with Crippen LogP contribution in [0.15, 0.2) is 0 Å². The first kappa shape index (κ1) is 22.6. The maximum atomic E-state index is 11.7. The Morgan fingerprint density at radius 1 is 0.783 bits per heavy atom. The fourth-order valence-corrected chi connectivity index (χ4v) is 2.87. The summed E-state index contributed by atoms with van der Waals surface area (Å²) in [5.74, 6) is 1.28. The molecule has 0 rings (SSSR count). The molecule has 0 saturated carbocycles. The third kappa shape index (κ3) is 12.7. The highest BCUT2D eigenvalue weighted by Gasteiger charge is 2.26. The Balaban J connectivity index is 4.14. The van der Waals surface area contributed by atoms with Crippen LogP contribution in [0.1, 0.15) is 59.8 Å². The van der Waals surface area contributed by atoms with Crippen LogP contribution < -0.4 is 0 Å². The molecular formula is C17H32O4S2. The van der Waals surface area contributed by atoms with Crippen molar-refractivity contribution in [3.05, 3.63) is 0 Å². The molecule has 0 saturated heterocycles. The maximum Gasteiger partial charge on any atom is 0.307 e. The lowest BCUT2D eigenvalue weighted by molar-refractivity contribution is -0.157. The van der Waals surface area contributed by atoms with Gasteiger partial charge in [-0.05, 0) is 59.5 Å². The van der Waals surface area contributed by atoms with Gasteiger partial charge in [0.25, 0.3) is 0 Å². The lowest BCUT2D eigenvalue weighted by atomic mass is 9.95. The highest BCUT2D eigenvalue weighted by Crippen LogP contribution is 2.24. The van der Waals surface area contributed by atoms with E-state index in [0.29, 0.717) is 12.8 Å². The molecule has 0 radical (unpaired) electrons. The lowest BCUT2D eigenvalue weighted by Crippen LogP contribution is -2.31. The zero-order chi connectivity index (χ0) is 17.9. The van der Waals surface area contributed by atoms with Crippen molar-refractivity contribution in [2.75, 3.05) is 24.0 Å². The minimum atomic E-state index is -0.478. The minimum Gasteiger partial charge on any atom is -0.460 e. The number of carbonyl (C=O) groups is 2. The summed E-state index contributed by atoms with van der Waals surface area (Å²) in [7, 11) is 0. The molecule has 0 aliphatic heterocycles. The summed E-state index contributed by atoms with van der Waals surface area (Å²) in [6, 6.07) is 0. The zero-order valence-corrected chi connectivity index (χ0v) is 17.0. The molecule has 0 atom stereocenters. The molecule has 0 aliphatic carbocycles. The maximum absolute atomic E-state index is 11.7. The highest BCUT2D eigenvalue weighted by molar-refractivity contribution is 7.98. The fourth-order valence-electron chi connectivity index (χ4n) is 2.13. The molecule has 23 heavy (non-hydrogen) atoms. The van der Waals surface area contributed by atoms with E-state index >= 15 is 0 Å². The average molecular weight is 365 g/mol. The zero-order valence-electron chi connectivity index (χ0n) is 15.4. The molecular weight excluding hydrogens is 332 g/mol. The van der Waals surface area contributed by atoms with Crippen LogP contribution in [0.5, 0.6) is 0 Å². The van der Waals surface area contributed by atoms with E-state index in [1.54, 1.807) is 23.5 Å². The smallest absolute Gasteiger partial charge is 0.307 e. The van der Waals surface area contributed by atoms with Crippen molar-refractivity contribution >= 4 is 35.5 Å².